The first kappa shape index (κ1) is 15.9. The van der Waals surface area contributed by atoms with Gasteiger partial charge in [0.1, 0.15) is 4.90 Å². The van der Waals surface area contributed by atoms with Crippen LogP contribution in [-0.4, -0.2) is 28.2 Å². The van der Waals surface area contributed by atoms with E-state index in [1.165, 1.54) is 0 Å². The summed E-state index contributed by atoms with van der Waals surface area (Å²) in [6, 6.07) is 5.03. The predicted octanol–water partition coefficient (Wildman–Crippen LogP) is 1.53. The quantitative estimate of drug-likeness (QED) is 0.588. The fourth-order valence-electron chi connectivity index (χ4n) is 1.68. The Kier molecular flexibility index (Phi) is 5.78. The number of benzene rings is 1. The number of ether oxygens (including phenoxy) is 1. The van der Waals surface area contributed by atoms with Crippen LogP contribution in [0.2, 0.25) is 0 Å². The van der Waals surface area contributed by atoms with Crippen molar-refractivity contribution in [2.45, 2.75) is 25.7 Å². The summed E-state index contributed by atoms with van der Waals surface area (Å²) >= 11 is 0. The Bertz CT molecular complexity index is 492. The molecule has 0 spiro atoms. The van der Waals surface area contributed by atoms with Crippen LogP contribution in [0.4, 0.5) is 5.69 Å². The molecule has 1 rings (SSSR count). The van der Waals surface area contributed by atoms with Gasteiger partial charge in [-0.05, 0) is 24.5 Å². The zero-order valence-electron chi connectivity index (χ0n) is 11.6. The first-order valence-electron chi connectivity index (χ1n) is 6.27. The summed E-state index contributed by atoms with van der Waals surface area (Å²) in [4.78, 5) is 0.152. The molecule has 0 bridgehead atoms. The molecule has 0 aromatic heterocycles. The van der Waals surface area contributed by atoms with Gasteiger partial charge in [0.25, 0.3) is 0 Å². The fourth-order valence-corrected chi connectivity index (χ4v) is 3.05. The first-order valence-corrected chi connectivity index (χ1v) is 7.75. The Morgan fingerprint density at radius 1 is 1.37 bits per heavy atom. The maximum atomic E-state index is 12.1. The second-order valence-electron chi connectivity index (χ2n) is 4.86. The molecule has 0 aliphatic rings. The smallest absolute Gasteiger partial charge is 0.242 e. The zero-order valence-corrected chi connectivity index (χ0v) is 12.5. The Hall–Kier alpha value is -1.11. The molecule has 1 aromatic carbocycles. The van der Waals surface area contributed by atoms with Crippen LogP contribution in [0.5, 0.6) is 0 Å². The normalized spacial score (nSPS) is 12.0. The predicted molar refractivity (Wildman–Crippen MR) is 76.4 cm³/mol. The van der Waals surface area contributed by atoms with E-state index in [1.54, 1.807) is 25.1 Å². The van der Waals surface area contributed by atoms with Crippen molar-refractivity contribution in [1.82, 2.24) is 4.72 Å². The minimum Gasteiger partial charge on any atom is -0.398 e. The topological polar surface area (TPSA) is 81.4 Å². The van der Waals surface area contributed by atoms with E-state index in [0.29, 0.717) is 24.7 Å². The van der Waals surface area contributed by atoms with Crippen molar-refractivity contribution in [2.24, 2.45) is 5.92 Å². The molecular formula is C13H22N2O3S. The summed E-state index contributed by atoms with van der Waals surface area (Å²) in [6.45, 7) is 7.01. The van der Waals surface area contributed by atoms with Crippen molar-refractivity contribution in [2.75, 3.05) is 25.5 Å². The lowest BCUT2D eigenvalue weighted by atomic mass is 10.2. The lowest BCUT2D eigenvalue weighted by molar-refractivity contribution is 0.114. The van der Waals surface area contributed by atoms with Gasteiger partial charge in [0.15, 0.2) is 0 Å². The van der Waals surface area contributed by atoms with Gasteiger partial charge in [0, 0.05) is 13.2 Å². The molecule has 0 saturated carbocycles. The Morgan fingerprint density at radius 2 is 2.05 bits per heavy atom. The van der Waals surface area contributed by atoms with Gasteiger partial charge in [-0.2, -0.15) is 0 Å². The third-order valence-electron chi connectivity index (χ3n) is 2.50. The van der Waals surface area contributed by atoms with Crippen LogP contribution in [0.25, 0.3) is 0 Å². The van der Waals surface area contributed by atoms with Gasteiger partial charge in [0.2, 0.25) is 10.0 Å². The molecule has 108 valence electrons. The maximum Gasteiger partial charge on any atom is 0.242 e. The highest BCUT2D eigenvalue weighted by Crippen LogP contribution is 2.21. The average Bonchev–Trinajstić information content (AvgIpc) is 2.27. The fraction of sp³-hybridized carbons (Fsp3) is 0.538. The second kappa shape index (κ2) is 6.88. The van der Waals surface area contributed by atoms with Gasteiger partial charge in [-0.3, -0.25) is 0 Å². The molecule has 19 heavy (non-hydrogen) atoms. The Morgan fingerprint density at radius 3 is 2.63 bits per heavy atom. The van der Waals surface area contributed by atoms with E-state index < -0.39 is 10.0 Å². The molecule has 6 heteroatoms. The van der Waals surface area contributed by atoms with Crippen molar-refractivity contribution in [3.8, 4) is 0 Å². The average molecular weight is 286 g/mol. The number of anilines is 1. The molecule has 0 unspecified atom stereocenters. The van der Waals surface area contributed by atoms with Crippen molar-refractivity contribution >= 4 is 15.7 Å². The van der Waals surface area contributed by atoms with Gasteiger partial charge in [0.05, 0.1) is 12.3 Å². The summed E-state index contributed by atoms with van der Waals surface area (Å²) in [7, 11) is -3.58. The molecule has 3 N–H and O–H groups in total. The summed E-state index contributed by atoms with van der Waals surface area (Å²) in [6.07, 6.45) is 0. The number of rotatable bonds is 7. The first-order chi connectivity index (χ1) is 8.84. The number of hydrogen-bond acceptors (Lipinski definition) is 4. The van der Waals surface area contributed by atoms with E-state index in [2.05, 4.69) is 4.72 Å². The SMILES string of the molecule is Cc1cccc(N)c1S(=O)(=O)NCCOCC(C)C. The molecule has 0 atom stereocenters. The van der Waals surface area contributed by atoms with Gasteiger partial charge < -0.3 is 10.5 Å². The monoisotopic (exact) mass is 286 g/mol. The molecule has 0 aliphatic heterocycles. The summed E-state index contributed by atoms with van der Waals surface area (Å²) in [5.41, 5.74) is 6.62. The van der Waals surface area contributed by atoms with Crippen LogP contribution in [-0.2, 0) is 14.8 Å². The summed E-state index contributed by atoms with van der Waals surface area (Å²) in [5, 5.41) is 0. The van der Waals surface area contributed by atoms with Crippen molar-refractivity contribution in [3.05, 3.63) is 23.8 Å². The van der Waals surface area contributed by atoms with E-state index >= 15 is 0 Å². The number of nitrogens with one attached hydrogen (secondary N) is 1. The molecule has 0 fully saturated rings. The van der Waals surface area contributed by atoms with E-state index in [0.717, 1.165) is 0 Å². The Balaban J connectivity index is 2.62. The standard InChI is InChI=1S/C13H22N2O3S/c1-10(2)9-18-8-7-15-19(16,17)13-11(3)5-4-6-12(13)14/h4-6,10,15H,7-9,14H2,1-3H3. The largest absolute Gasteiger partial charge is 0.398 e. The van der Waals surface area contributed by atoms with Crippen LogP contribution in [0.1, 0.15) is 19.4 Å². The highest BCUT2D eigenvalue weighted by atomic mass is 32.2. The molecule has 0 aliphatic carbocycles. The van der Waals surface area contributed by atoms with E-state index in [9.17, 15) is 8.42 Å². The summed E-state index contributed by atoms with van der Waals surface area (Å²) < 4.78 is 32.1. The van der Waals surface area contributed by atoms with E-state index in [1.807, 2.05) is 13.8 Å². The third-order valence-corrected chi connectivity index (χ3v) is 4.18. The minimum atomic E-state index is -3.58. The number of hydrogen-bond donors (Lipinski definition) is 2. The van der Waals surface area contributed by atoms with E-state index in [4.69, 9.17) is 10.5 Å². The van der Waals surface area contributed by atoms with Crippen molar-refractivity contribution in [1.29, 1.82) is 0 Å². The van der Waals surface area contributed by atoms with Gasteiger partial charge in [-0.15, -0.1) is 0 Å². The maximum absolute atomic E-state index is 12.1. The number of aryl methyl sites for hydroxylation is 1. The van der Waals surface area contributed by atoms with Crippen LogP contribution >= 0.6 is 0 Å². The van der Waals surface area contributed by atoms with E-state index in [-0.39, 0.29) is 17.1 Å². The molecule has 0 saturated heterocycles. The molecule has 1 aromatic rings. The van der Waals surface area contributed by atoms with Crippen LogP contribution in [0, 0.1) is 12.8 Å². The third kappa shape index (κ3) is 4.81. The minimum absolute atomic E-state index is 0.152. The summed E-state index contributed by atoms with van der Waals surface area (Å²) in [5.74, 6) is 0.434. The van der Waals surface area contributed by atoms with Crippen molar-refractivity contribution < 1.29 is 13.2 Å². The van der Waals surface area contributed by atoms with Crippen LogP contribution < -0.4 is 10.5 Å². The highest BCUT2D eigenvalue weighted by Gasteiger charge is 2.19. The van der Waals surface area contributed by atoms with Gasteiger partial charge in [-0.25, -0.2) is 13.1 Å². The van der Waals surface area contributed by atoms with Gasteiger partial charge >= 0.3 is 0 Å². The lowest BCUT2D eigenvalue weighted by Crippen LogP contribution is -2.29. The highest BCUT2D eigenvalue weighted by molar-refractivity contribution is 7.89. The van der Waals surface area contributed by atoms with Gasteiger partial charge in [-0.1, -0.05) is 26.0 Å². The molecule has 0 radical (unpaired) electrons. The van der Waals surface area contributed by atoms with Crippen LogP contribution in [0.3, 0.4) is 0 Å². The molecule has 0 amide bonds. The molecular weight excluding hydrogens is 264 g/mol. The van der Waals surface area contributed by atoms with Crippen molar-refractivity contribution in [3.63, 3.8) is 0 Å². The molecule has 5 nitrogen and oxygen atoms in total. The number of nitrogens with two attached hydrogens (primary N) is 1. The number of sulfonamides is 1. The second-order valence-corrected chi connectivity index (χ2v) is 6.56. The Labute approximate surface area is 115 Å². The van der Waals surface area contributed by atoms with Crippen LogP contribution in [0.15, 0.2) is 23.1 Å². The number of nitrogen functional groups attached to an aromatic ring is 1. The zero-order chi connectivity index (χ0) is 14.5. The molecule has 0 heterocycles. The lowest BCUT2D eigenvalue weighted by Gasteiger charge is -2.12.